The molecule has 0 fully saturated rings. The number of unbranched alkanes of at least 4 members (excludes halogenated alkanes) is 2. The normalized spacial score (nSPS) is 12.4. The fourth-order valence-corrected chi connectivity index (χ4v) is 0.969. The number of carbonyl (C=O) groups is 1. The van der Waals surface area contributed by atoms with E-state index < -0.39 is 5.97 Å². The van der Waals surface area contributed by atoms with Crippen molar-refractivity contribution in [1.29, 1.82) is 0 Å². The largest absolute Gasteiger partial charge is 0.481 e. The van der Waals surface area contributed by atoms with E-state index in [-0.39, 0.29) is 12.5 Å². The van der Waals surface area contributed by atoms with Crippen LogP contribution < -0.4 is 0 Å². The first-order chi connectivity index (χ1) is 6.20. The second kappa shape index (κ2) is 7.80. The van der Waals surface area contributed by atoms with E-state index in [0.717, 1.165) is 19.3 Å². The van der Waals surface area contributed by atoms with Crippen molar-refractivity contribution in [3.8, 4) is 0 Å². The highest BCUT2D eigenvalue weighted by molar-refractivity contribution is 5.67. The number of ether oxygens (including phenoxy) is 1. The van der Waals surface area contributed by atoms with Crippen molar-refractivity contribution in [3.63, 3.8) is 0 Å². The van der Waals surface area contributed by atoms with Gasteiger partial charge < -0.3 is 9.84 Å². The van der Waals surface area contributed by atoms with Gasteiger partial charge in [0.1, 0.15) is 0 Å². The van der Waals surface area contributed by atoms with E-state index in [0.29, 0.717) is 6.61 Å². The maximum absolute atomic E-state index is 10.3. The highest BCUT2D eigenvalue weighted by atomic mass is 16.5. The van der Waals surface area contributed by atoms with Crippen LogP contribution >= 0.6 is 0 Å². The summed E-state index contributed by atoms with van der Waals surface area (Å²) >= 11 is 0. The quantitative estimate of drug-likeness (QED) is 0.467. The molecular weight excluding hydrogens is 168 g/mol. The molecule has 0 aromatic heterocycles. The molecular formula is C10H18O3. The summed E-state index contributed by atoms with van der Waals surface area (Å²) < 4.78 is 5.31. The van der Waals surface area contributed by atoms with Crippen molar-refractivity contribution in [2.24, 2.45) is 0 Å². The van der Waals surface area contributed by atoms with Crippen LogP contribution in [0.3, 0.4) is 0 Å². The van der Waals surface area contributed by atoms with E-state index in [4.69, 9.17) is 9.84 Å². The van der Waals surface area contributed by atoms with Gasteiger partial charge in [-0.1, -0.05) is 25.8 Å². The second-order valence-electron chi connectivity index (χ2n) is 2.95. The highest BCUT2D eigenvalue weighted by Gasteiger charge is 2.08. The molecule has 0 aliphatic rings. The van der Waals surface area contributed by atoms with E-state index in [1.54, 1.807) is 6.08 Å². The molecule has 76 valence electrons. The van der Waals surface area contributed by atoms with Crippen LogP contribution in [0.1, 0.15) is 32.6 Å². The van der Waals surface area contributed by atoms with E-state index in [9.17, 15) is 4.79 Å². The molecule has 0 radical (unpaired) electrons. The number of rotatable bonds is 8. The van der Waals surface area contributed by atoms with Crippen LogP contribution in [0.15, 0.2) is 12.7 Å². The summed E-state index contributed by atoms with van der Waals surface area (Å²) in [6.45, 7) is 6.26. The minimum absolute atomic E-state index is 0.00955. The van der Waals surface area contributed by atoms with Crippen LogP contribution in [0.25, 0.3) is 0 Å². The molecule has 0 bridgehead atoms. The Bertz CT molecular complexity index is 154. The lowest BCUT2D eigenvalue weighted by Gasteiger charge is -2.10. The molecule has 0 aromatic rings. The summed E-state index contributed by atoms with van der Waals surface area (Å²) in [6, 6.07) is 0. The lowest BCUT2D eigenvalue weighted by molar-refractivity contribution is -0.139. The van der Waals surface area contributed by atoms with Crippen molar-refractivity contribution in [2.45, 2.75) is 38.7 Å². The third-order valence-corrected chi connectivity index (χ3v) is 1.72. The van der Waals surface area contributed by atoms with Gasteiger partial charge >= 0.3 is 5.97 Å². The zero-order valence-corrected chi connectivity index (χ0v) is 8.16. The van der Waals surface area contributed by atoms with Gasteiger partial charge in [-0.05, 0) is 6.42 Å². The van der Waals surface area contributed by atoms with Crippen LogP contribution in [0.5, 0.6) is 0 Å². The molecule has 3 nitrogen and oxygen atoms in total. The number of hydrogen-bond donors (Lipinski definition) is 1. The molecule has 1 atom stereocenters. The number of carboxylic acid groups (broad SMARTS) is 1. The van der Waals surface area contributed by atoms with Gasteiger partial charge in [0.25, 0.3) is 0 Å². The standard InChI is InChI=1S/C10H18O3/c1-3-5-6-7-13-9(4-2)8-10(11)12/h4,9H,2-3,5-8H2,1H3,(H,11,12). The summed E-state index contributed by atoms with van der Waals surface area (Å²) in [5.74, 6) is -0.847. The number of hydrogen-bond acceptors (Lipinski definition) is 2. The van der Waals surface area contributed by atoms with Crippen molar-refractivity contribution in [1.82, 2.24) is 0 Å². The maximum atomic E-state index is 10.3. The summed E-state index contributed by atoms with van der Waals surface area (Å²) in [4.78, 5) is 10.3. The first-order valence-corrected chi connectivity index (χ1v) is 4.66. The lowest BCUT2D eigenvalue weighted by Crippen LogP contribution is -2.15. The Kier molecular flexibility index (Phi) is 7.30. The monoisotopic (exact) mass is 186 g/mol. The molecule has 0 aromatic carbocycles. The van der Waals surface area contributed by atoms with Crippen LogP contribution in [-0.2, 0) is 9.53 Å². The third kappa shape index (κ3) is 7.53. The van der Waals surface area contributed by atoms with Gasteiger partial charge in [-0.2, -0.15) is 0 Å². The van der Waals surface area contributed by atoms with Crippen molar-refractivity contribution in [2.75, 3.05) is 6.61 Å². The summed E-state index contributed by atoms with van der Waals surface area (Å²) in [5, 5.41) is 8.49. The average molecular weight is 186 g/mol. The highest BCUT2D eigenvalue weighted by Crippen LogP contribution is 2.02. The predicted octanol–water partition coefficient (Wildman–Crippen LogP) is 2.22. The van der Waals surface area contributed by atoms with E-state index >= 15 is 0 Å². The predicted molar refractivity (Wildman–Crippen MR) is 51.7 cm³/mol. The molecule has 0 amide bonds. The van der Waals surface area contributed by atoms with Crippen LogP contribution in [0.2, 0.25) is 0 Å². The molecule has 13 heavy (non-hydrogen) atoms. The first-order valence-electron chi connectivity index (χ1n) is 4.66. The van der Waals surface area contributed by atoms with Gasteiger partial charge in [0.15, 0.2) is 0 Å². The van der Waals surface area contributed by atoms with E-state index in [2.05, 4.69) is 13.5 Å². The molecule has 3 heteroatoms. The fourth-order valence-electron chi connectivity index (χ4n) is 0.969. The van der Waals surface area contributed by atoms with Gasteiger partial charge in [0, 0.05) is 6.61 Å². The Balaban J connectivity index is 3.48. The van der Waals surface area contributed by atoms with Crippen LogP contribution in [-0.4, -0.2) is 23.8 Å². The first kappa shape index (κ1) is 12.2. The lowest BCUT2D eigenvalue weighted by atomic mass is 10.2. The molecule has 0 spiro atoms. The Hall–Kier alpha value is -0.830. The SMILES string of the molecule is C=CC(CC(=O)O)OCCCCC. The molecule has 0 heterocycles. The van der Waals surface area contributed by atoms with Crippen LogP contribution in [0.4, 0.5) is 0 Å². The smallest absolute Gasteiger partial charge is 0.306 e. The molecule has 1 unspecified atom stereocenters. The number of aliphatic carboxylic acids is 1. The van der Waals surface area contributed by atoms with Gasteiger partial charge in [-0.15, -0.1) is 6.58 Å². The van der Waals surface area contributed by atoms with E-state index in [1.165, 1.54) is 0 Å². The van der Waals surface area contributed by atoms with Gasteiger partial charge in [0.2, 0.25) is 0 Å². The van der Waals surface area contributed by atoms with Crippen LogP contribution in [0, 0.1) is 0 Å². The third-order valence-electron chi connectivity index (χ3n) is 1.72. The zero-order valence-electron chi connectivity index (χ0n) is 8.16. The number of carboxylic acids is 1. The summed E-state index contributed by atoms with van der Waals surface area (Å²) in [7, 11) is 0. The molecule has 0 saturated carbocycles. The summed E-state index contributed by atoms with van der Waals surface area (Å²) in [5.41, 5.74) is 0. The molecule has 0 aliphatic heterocycles. The molecule has 0 saturated heterocycles. The minimum Gasteiger partial charge on any atom is -0.481 e. The van der Waals surface area contributed by atoms with Gasteiger partial charge in [-0.3, -0.25) is 4.79 Å². The Labute approximate surface area is 79.4 Å². The Morgan fingerprint density at radius 3 is 2.77 bits per heavy atom. The fraction of sp³-hybridized carbons (Fsp3) is 0.700. The van der Waals surface area contributed by atoms with Crippen molar-refractivity contribution >= 4 is 5.97 Å². The van der Waals surface area contributed by atoms with Crippen molar-refractivity contribution in [3.05, 3.63) is 12.7 Å². The topological polar surface area (TPSA) is 46.5 Å². The minimum atomic E-state index is -0.847. The zero-order chi connectivity index (χ0) is 10.1. The average Bonchev–Trinajstić information content (AvgIpc) is 2.09. The Morgan fingerprint density at radius 1 is 1.62 bits per heavy atom. The Morgan fingerprint density at radius 2 is 2.31 bits per heavy atom. The molecule has 1 N–H and O–H groups in total. The van der Waals surface area contributed by atoms with Gasteiger partial charge in [0.05, 0.1) is 12.5 Å². The van der Waals surface area contributed by atoms with Gasteiger partial charge in [-0.25, -0.2) is 0 Å². The summed E-state index contributed by atoms with van der Waals surface area (Å²) in [6.07, 6.45) is 4.46. The molecule has 0 aliphatic carbocycles. The second-order valence-corrected chi connectivity index (χ2v) is 2.95. The van der Waals surface area contributed by atoms with Crippen molar-refractivity contribution < 1.29 is 14.6 Å². The van der Waals surface area contributed by atoms with E-state index in [1.807, 2.05) is 0 Å². The maximum Gasteiger partial charge on any atom is 0.306 e. The molecule has 0 rings (SSSR count).